The number of aromatic amines is 1. The first-order valence-corrected chi connectivity index (χ1v) is 14.7. The number of allylic oxidation sites excluding steroid dienone is 1. The molecule has 0 amide bonds. The molecule has 1 atom stereocenters. The summed E-state index contributed by atoms with van der Waals surface area (Å²) in [7, 11) is 0. The summed E-state index contributed by atoms with van der Waals surface area (Å²) in [6.07, 6.45) is 8.36. The van der Waals surface area contributed by atoms with E-state index in [2.05, 4.69) is 57.6 Å². The van der Waals surface area contributed by atoms with Crippen molar-refractivity contribution < 1.29 is 9.13 Å². The number of aromatic nitrogens is 2. The molecule has 1 aliphatic heterocycles. The Balaban J connectivity index is 1.36. The lowest BCUT2D eigenvalue weighted by molar-refractivity contribution is 0.198. The van der Waals surface area contributed by atoms with Crippen molar-refractivity contribution in [3.63, 3.8) is 0 Å². The normalized spacial score (nSPS) is 17.6. The van der Waals surface area contributed by atoms with E-state index in [1.54, 1.807) is 0 Å². The van der Waals surface area contributed by atoms with Crippen LogP contribution in [0.3, 0.4) is 0 Å². The molecule has 3 aromatic carbocycles. The largest absolute Gasteiger partial charge is 0.489 e. The summed E-state index contributed by atoms with van der Waals surface area (Å²) in [5, 5.41) is 8.35. The SMILES string of the molecule is FCCCN1CC[C@H](Oc2ccc(C3=C(c4ccc(Cl)cc4Cl)CCCc4cc(-c5cn[nH]c5)ccc43)cc2)C1. The zero-order valence-corrected chi connectivity index (χ0v) is 23.8. The molecule has 4 aromatic rings. The van der Waals surface area contributed by atoms with Gasteiger partial charge in [-0.3, -0.25) is 14.4 Å². The summed E-state index contributed by atoms with van der Waals surface area (Å²) in [6.45, 7) is 2.33. The molecule has 6 rings (SSSR count). The highest BCUT2D eigenvalue weighted by Gasteiger charge is 2.25. The van der Waals surface area contributed by atoms with Crippen LogP contribution in [0, 0.1) is 0 Å². The van der Waals surface area contributed by atoms with E-state index in [-0.39, 0.29) is 12.8 Å². The molecule has 1 N–H and O–H groups in total. The van der Waals surface area contributed by atoms with Gasteiger partial charge in [-0.2, -0.15) is 5.10 Å². The molecule has 0 spiro atoms. The number of halogens is 3. The molecule has 2 aliphatic rings. The Morgan fingerprint density at radius 1 is 0.950 bits per heavy atom. The monoisotopic (exact) mass is 575 g/mol. The van der Waals surface area contributed by atoms with Gasteiger partial charge in [0.15, 0.2) is 0 Å². The molecular weight excluding hydrogens is 544 g/mol. The molecule has 0 radical (unpaired) electrons. The number of rotatable bonds is 8. The van der Waals surface area contributed by atoms with Gasteiger partial charge in [0.05, 0.1) is 12.9 Å². The van der Waals surface area contributed by atoms with Gasteiger partial charge < -0.3 is 4.74 Å². The third-order valence-corrected chi connectivity index (χ3v) is 8.47. The fraction of sp³-hybridized carbons (Fsp3) is 0.303. The van der Waals surface area contributed by atoms with Gasteiger partial charge in [0.25, 0.3) is 0 Å². The standard InChI is InChI=1S/C33H32Cl2FN3O/c34-26-8-12-30(32(35)18-26)31-4-1-3-24-17-23(25-19-37-38-20-25)7-11-29(24)33(31)22-5-9-27(10-6-22)40-28-13-16-39(21-28)15-2-14-36/h5-12,17-20,28H,1-4,13-16,21H2,(H,37,38)/t28-/m0/s1. The minimum atomic E-state index is -0.268. The van der Waals surface area contributed by atoms with Crippen LogP contribution in [0.2, 0.25) is 10.0 Å². The summed E-state index contributed by atoms with van der Waals surface area (Å²) in [5.41, 5.74) is 9.34. The third kappa shape index (κ3) is 5.83. The van der Waals surface area contributed by atoms with Gasteiger partial charge in [-0.25, -0.2) is 0 Å². The van der Waals surface area contributed by atoms with E-state index in [0.29, 0.717) is 16.5 Å². The molecule has 40 heavy (non-hydrogen) atoms. The molecule has 4 nitrogen and oxygen atoms in total. The van der Waals surface area contributed by atoms with Crippen molar-refractivity contribution in [3.8, 4) is 16.9 Å². The topological polar surface area (TPSA) is 41.1 Å². The lowest BCUT2D eigenvalue weighted by atomic mass is 9.87. The highest BCUT2D eigenvalue weighted by molar-refractivity contribution is 6.36. The predicted molar refractivity (Wildman–Crippen MR) is 162 cm³/mol. The number of alkyl halides is 1. The van der Waals surface area contributed by atoms with Crippen LogP contribution in [0.15, 0.2) is 73.1 Å². The maximum absolute atomic E-state index is 12.6. The van der Waals surface area contributed by atoms with Gasteiger partial charge in [0, 0.05) is 41.4 Å². The van der Waals surface area contributed by atoms with Crippen molar-refractivity contribution in [2.45, 2.75) is 38.2 Å². The molecule has 206 valence electrons. The number of hydrogen-bond acceptors (Lipinski definition) is 3. The molecule has 1 saturated heterocycles. The van der Waals surface area contributed by atoms with Crippen LogP contribution in [0.25, 0.3) is 22.3 Å². The van der Waals surface area contributed by atoms with Gasteiger partial charge in [-0.05, 0) is 95.3 Å². The quantitative estimate of drug-likeness (QED) is 0.229. The highest BCUT2D eigenvalue weighted by Crippen LogP contribution is 2.43. The van der Waals surface area contributed by atoms with Crippen molar-refractivity contribution in [1.29, 1.82) is 0 Å². The number of nitrogens with one attached hydrogen (secondary N) is 1. The van der Waals surface area contributed by atoms with Crippen molar-refractivity contribution in [2.24, 2.45) is 0 Å². The van der Waals surface area contributed by atoms with E-state index in [1.807, 2.05) is 30.6 Å². The first kappa shape index (κ1) is 27.1. The average molecular weight is 577 g/mol. The zero-order chi connectivity index (χ0) is 27.5. The summed E-state index contributed by atoms with van der Waals surface area (Å²) in [6, 6.07) is 20.9. The summed E-state index contributed by atoms with van der Waals surface area (Å²) < 4.78 is 18.9. The molecule has 1 fully saturated rings. The lowest BCUT2D eigenvalue weighted by Crippen LogP contribution is -2.26. The number of benzene rings is 3. The van der Waals surface area contributed by atoms with Crippen molar-refractivity contribution >= 4 is 34.3 Å². The average Bonchev–Trinajstić information content (AvgIpc) is 3.62. The molecule has 2 heterocycles. The second-order valence-corrected chi connectivity index (χ2v) is 11.4. The minimum absolute atomic E-state index is 0.132. The Bertz CT molecular complexity index is 1500. The fourth-order valence-corrected chi connectivity index (χ4v) is 6.50. The summed E-state index contributed by atoms with van der Waals surface area (Å²) >= 11 is 13.0. The van der Waals surface area contributed by atoms with Gasteiger partial charge in [-0.1, -0.05) is 59.6 Å². The summed E-state index contributed by atoms with van der Waals surface area (Å²) in [5.74, 6) is 0.858. The van der Waals surface area contributed by atoms with E-state index in [4.69, 9.17) is 27.9 Å². The van der Waals surface area contributed by atoms with Crippen molar-refractivity contribution in [1.82, 2.24) is 15.1 Å². The number of likely N-dealkylation sites (tertiary alicyclic amines) is 1. The number of nitrogens with zero attached hydrogens (tertiary/aromatic N) is 2. The van der Waals surface area contributed by atoms with Crippen LogP contribution in [0.5, 0.6) is 5.75 Å². The molecule has 0 bridgehead atoms. The van der Waals surface area contributed by atoms with Gasteiger partial charge in [0.1, 0.15) is 11.9 Å². The van der Waals surface area contributed by atoms with E-state index in [9.17, 15) is 4.39 Å². The first-order valence-electron chi connectivity index (χ1n) is 14.0. The second-order valence-electron chi connectivity index (χ2n) is 10.6. The van der Waals surface area contributed by atoms with Gasteiger partial charge in [-0.15, -0.1) is 0 Å². The van der Waals surface area contributed by atoms with Gasteiger partial charge in [0.2, 0.25) is 0 Å². The Labute approximate surface area is 244 Å². The Hall–Kier alpha value is -3.12. The molecule has 7 heteroatoms. The molecule has 0 unspecified atom stereocenters. The smallest absolute Gasteiger partial charge is 0.119 e. The van der Waals surface area contributed by atoms with Crippen LogP contribution in [-0.2, 0) is 6.42 Å². The van der Waals surface area contributed by atoms with Crippen LogP contribution >= 0.6 is 23.2 Å². The van der Waals surface area contributed by atoms with Crippen LogP contribution in [0.1, 0.15) is 47.9 Å². The zero-order valence-electron chi connectivity index (χ0n) is 22.3. The van der Waals surface area contributed by atoms with Crippen molar-refractivity contribution in [2.75, 3.05) is 26.3 Å². The highest BCUT2D eigenvalue weighted by atomic mass is 35.5. The number of hydrogen-bond donors (Lipinski definition) is 1. The Kier molecular flexibility index (Phi) is 8.24. The Morgan fingerprint density at radius 2 is 1.77 bits per heavy atom. The maximum Gasteiger partial charge on any atom is 0.119 e. The third-order valence-electron chi connectivity index (χ3n) is 7.92. The predicted octanol–water partition coefficient (Wildman–Crippen LogP) is 8.49. The fourth-order valence-electron chi connectivity index (χ4n) is 5.98. The number of H-pyrrole nitrogens is 1. The number of fused-ring (bicyclic) bond motifs is 1. The molecule has 1 aromatic heterocycles. The molecule has 0 saturated carbocycles. The van der Waals surface area contributed by atoms with E-state index in [0.717, 1.165) is 73.3 Å². The molecule has 1 aliphatic carbocycles. The number of aryl methyl sites for hydroxylation is 1. The Morgan fingerprint density at radius 3 is 2.55 bits per heavy atom. The van der Waals surface area contributed by atoms with E-state index in [1.165, 1.54) is 22.3 Å². The second kappa shape index (κ2) is 12.2. The van der Waals surface area contributed by atoms with E-state index < -0.39 is 0 Å². The van der Waals surface area contributed by atoms with Crippen LogP contribution in [0.4, 0.5) is 4.39 Å². The lowest BCUT2D eigenvalue weighted by Gasteiger charge is -2.19. The molecular formula is C33H32Cl2FN3O. The van der Waals surface area contributed by atoms with Crippen LogP contribution < -0.4 is 4.74 Å². The summed E-state index contributed by atoms with van der Waals surface area (Å²) in [4.78, 5) is 2.28. The first-order chi connectivity index (χ1) is 19.6. The van der Waals surface area contributed by atoms with Gasteiger partial charge >= 0.3 is 0 Å². The van der Waals surface area contributed by atoms with Crippen LogP contribution in [-0.4, -0.2) is 47.5 Å². The minimum Gasteiger partial charge on any atom is -0.489 e. The van der Waals surface area contributed by atoms with E-state index >= 15 is 0 Å². The van der Waals surface area contributed by atoms with Crippen molar-refractivity contribution in [3.05, 3.63) is 105 Å². The maximum atomic E-state index is 12.6. The number of ether oxygens (including phenoxy) is 1.